The highest BCUT2D eigenvalue weighted by atomic mass is 35.5. The van der Waals surface area contributed by atoms with E-state index in [1.165, 1.54) is 0 Å². The van der Waals surface area contributed by atoms with Gasteiger partial charge in [0, 0.05) is 11.2 Å². The molecule has 1 amide bonds. The van der Waals surface area contributed by atoms with Gasteiger partial charge in [-0.05, 0) is 42.7 Å². The highest BCUT2D eigenvalue weighted by Crippen LogP contribution is 2.41. The monoisotopic (exact) mass is 368 g/mol. The summed E-state index contributed by atoms with van der Waals surface area (Å²) in [7, 11) is 0. The van der Waals surface area contributed by atoms with Gasteiger partial charge in [-0.25, -0.2) is 0 Å². The molecule has 5 heteroatoms. The molecule has 0 saturated heterocycles. The maximum absolute atomic E-state index is 12.9. The predicted molar refractivity (Wildman–Crippen MR) is 102 cm³/mol. The summed E-state index contributed by atoms with van der Waals surface area (Å²) in [6, 6.07) is 11.2. The van der Waals surface area contributed by atoms with Crippen molar-refractivity contribution in [2.75, 3.05) is 13.2 Å². The summed E-state index contributed by atoms with van der Waals surface area (Å²) < 4.78 is 5.45. The number of hydrogen-bond donors (Lipinski definition) is 1. The van der Waals surface area contributed by atoms with Crippen LogP contribution in [0.25, 0.3) is 0 Å². The van der Waals surface area contributed by atoms with E-state index in [0.29, 0.717) is 17.3 Å². The number of amides is 1. The van der Waals surface area contributed by atoms with Gasteiger partial charge in [0.15, 0.2) is 0 Å². The molecule has 0 spiro atoms. The minimum Gasteiger partial charge on any atom is -0.479 e. The number of nitrogens with one attached hydrogen (secondary N) is 1. The lowest BCUT2D eigenvalue weighted by atomic mass is 9.78. The summed E-state index contributed by atoms with van der Waals surface area (Å²) >= 11 is 5.99. The van der Waals surface area contributed by atoms with Crippen LogP contribution in [-0.2, 0) is 10.2 Å². The normalized spacial score (nSPS) is 15.0. The molecule has 4 nitrogen and oxygen atoms in total. The van der Waals surface area contributed by atoms with E-state index in [0.717, 1.165) is 31.2 Å². The van der Waals surface area contributed by atoms with E-state index < -0.39 is 5.41 Å². The molecule has 0 unspecified atom stereocenters. The van der Waals surface area contributed by atoms with Gasteiger partial charge >= 0.3 is 0 Å². The summed E-state index contributed by atoms with van der Waals surface area (Å²) in [5, 5.41) is 3.65. The third-order valence-electron chi connectivity index (χ3n) is 4.70. The van der Waals surface area contributed by atoms with Gasteiger partial charge in [-0.2, -0.15) is 0 Å². The molecule has 1 fully saturated rings. The number of rotatable bonds is 5. The molecule has 2 aromatic rings. The Bertz CT molecular complexity index is 788. The van der Waals surface area contributed by atoms with E-state index in [-0.39, 0.29) is 12.5 Å². The summed E-state index contributed by atoms with van der Waals surface area (Å²) in [5.74, 6) is 6.57. The number of carbonyl (C=O) groups is 1. The van der Waals surface area contributed by atoms with E-state index >= 15 is 0 Å². The minimum absolute atomic E-state index is 0.0415. The van der Waals surface area contributed by atoms with E-state index in [2.05, 4.69) is 22.1 Å². The topological polar surface area (TPSA) is 51.2 Å². The third kappa shape index (κ3) is 4.36. The van der Waals surface area contributed by atoms with Crippen LogP contribution in [0.3, 0.4) is 0 Å². The van der Waals surface area contributed by atoms with Crippen molar-refractivity contribution >= 4 is 17.5 Å². The van der Waals surface area contributed by atoms with Crippen molar-refractivity contribution in [2.45, 2.75) is 31.1 Å². The summed E-state index contributed by atoms with van der Waals surface area (Å²) in [5.41, 5.74) is 0.572. The Hall–Kier alpha value is -2.51. The highest BCUT2D eigenvalue weighted by molar-refractivity contribution is 6.30. The Balaban J connectivity index is 1.54. The first kappa shape index (κ1) is 18.3. The first-order valence-electron chi connectivity index (χ1n) is 8.74. The van der Waals surface area contributed by atoms with Crippen molar-refractivity contribution in [1.29, 1.82) is 0 Å². The fraction of sp³-hybridized carbons (Fsp3) is 0.333. The number of carbonyl (C=O) groups excluding carboxylic acids is 1. The number of halogens is 1. The quantitative estimate of drug-likeness (QED) is 0.818. The number of benzene rings is 1. The van der Waals surface area contributed by atoms with Gasteiger partial charge in [0.1, 0.15) is 12.4 Å². The van der Waals surface area contributed by atoms with Crippen LogP contribution in [0.15, 0.2) is 48.8 Å². The van der Waals surface area contributed by atoms with Crippen LogP contribution in [0.1, 0.15) is 31.2 Å². The van der Waals surface area contributed by atoms with Gasteiger partial charge in [0.2, 0.25) is 5.91 Å². The zero-order valence-electron chi connectivity index (χ0n) is 14.5. The van der Waals surface area contributed by atoms with E-state index in [9.17, 15) is 4.79 Å². The molecular weight excluding hydrogens is 348 g/mol. The van der Waals surface area contributed by atoms with Crippen molar-refractivity contribution in [3.8, 4) is 17.6 Å². The van der Waals surface area contributed by atoms with Crippen LogP contribution in [0.4, 0.5) is 0 Å². The lowest BCUT2D eigenvalue weighted by Crippen LogP contribution is -2.42. The van der Waals surface area contributed by atoms with Gasteiger partial charge in [0.05, 0.1) is 18.2 Å². The average molecular weight is 369 g/mol. The molecule has 1 heterocycles. The first-order valence-corrected chi connectivity index (χ1v) is 9.11. The van der Waals surface area contributed by atoms with Crippen molar-refractivity contribution in [2.24, 2.45) is 0 Å². The predicted octanol–water partition coefficient (Wildman–Crippen LogP) is 3.75. The van der Waals surface area contributed by atoms with Crippen LogP contribution < -0.4 is 10.1 Å². The second kappa shape index (κ2) is 8.73. The maximum atomic E-state index is 12.9. The van der Waals surface area contributed by atoms with Crippen LogP contribution in [0.2, 0.25) is 5.02 Å². The second-order valence-corrected chi connectivity index (χ2v) is 6.75. The van der Waals surface area contributed by atoms with Crippen molar-refractivity contribution in [1.82, 2.24) is 10.3 Å². The van der Waals surface area contributed by atoms with Gasteiger partial charge < -0.3 is 10.1 Å². The lowest BCUT2D eigenvalue weighted by Gasteiger charge is -2.28. The number of aromatic nitrogens is 1. The molecule has 3 rings (SSSR count). The lowest BCUT2D eigenvalue weighted by molar-refractivity contribution is -0.126. The molecule has 1 N–H and O–H groups in total. The van der Waals surface area contributed by atoms with Gasteiger partial charge in [-0.15, -0.1) is 0 Å². The zero-order chi connectivity index (χ0) is 18.2. The number of hydrogen-bond acceptors (Lipinski definition) is 3. The fourth-order valence-corrected chi connectivity index (χ4v) is 3.48. The molecule has 1 aliphatic carbocycles. The number of ether oxygens (including phenoxy) is 1. The summed E-state index contributed by atoms with van der Waals surface area (Å²) in [6.07, 6.45) is 7.16. The molecule has 0 aliphatic heterocycles. The van der Waals surface area contributed by atoms with E-state index in [1.54, 1.807) is 18.5 Å². The molecule has 1 aromatic carbocycles. The fourth-order valence-electron chi connectivity index (χ4n) is 3.35. The SMILES string of the molecule is O=C(NCC#CCOc1cccnc1)C1(c2ccc(Cl)cc2)CCCC1. The smallest absolute Gasteiger partial charge is 0.231 e. The Labute approximate surface area is 158 Å². The Morgan fingerprint density at radius 3 is 2.65 bits per heavy atom. The third-order valence-corrected chi connectivity index (χ3v) is 4.95. The molecule has 0 bridgehead atoms. The molecule has 0 atom stereocenters. The molecule has 0 radical (unpaired) electrons. The van der Waals surface area contributed by atoms with Crippen molar-refractivity contribution < 1.29 is 9.53 Å². The standard InChI is InChI=1S/C21H21ClN2O2/c22-18-9-7-17(8-10-18)21(11-1-2-12-21)20(25)24-14-3-4-15-26-19-6-5-13-23-16-19/h5-10,13,16H,1-2,11-12,14-15H2,(H,24,25). The first-order chi connectivity index (χ1) is 12.7. The van der Waals surface area contributed by atoms with Crippen molar-refractivity contribution in [3.05, 3.63) is 59.4 Å². The van der Waals surface area contributed by atoms with Crippen LogP contribution in [0, 0.1) is 11.8 Å². The molecule has 26 heavy (non-hydrogen) atoms. The second-order valence-electron chi connectivity index (χ2n) is 6.31. The summed E-state index contributed by atoms with van der Waals surface area (Å²) in [6.45, 7) is 0.578. The van der Waals surface area contributed by atoms with E-state index in [4.69, 9.17) is 16.3 Å². The Kier molecular flexibility index (Phi) is 6.14. The summed E-state index contributed by atoms with van der Waals surface area (Å²) in [4.78, 5) is 16.8. The maximum Gasteiger partial charge on any atom is 0.231 e. The van der Waals surface area contributed by atoms with Crippen molar-refractivity contribution in [3.63, 3.8) is 0 Å². The molecule has 1 aromatic heterocycles. The molecule has 134 valence electrons. The number of nitrogens with zero attached hydrogens (tertiary/aromatic N) is 1. The van der Waals surface area contributed by atoms with Gasteiger partial charge in [-0.3, -0.25) is 9.78 Å². The minimum atomic E-state index is -0.460. The van der Waals surface area contributed by atoms with Crippen LogP contribution >= 0.6 is 11.6 Å². The highest BCUT2D eigenvalue weighted by Gasteiger charge is 2.42. The molecule has 1 aliphatic rings. The largest absolute Gasteiger partial charge is 0.479 e. The molecular formula is C21H21ClN2O2. The van der Waals surface area contributed by atoms with E-state index in [1.807, 2.05) is 30.3 Å². The van der Waals surface area contributed by atoms with Crippen LogP contribution in [0.5, 0.6) is 5.75 Å². The Morgan fingerprint density at radius 2 is 1.96 bits per heavy atom. The average Bonchev–Trinajstić information content (AvgIpc) is 3.17. The Morgan fingerprint density at radius 1 is 1.19 bits per heavy atom. The van der Waals surface area contributed by atoms with Gasteiger partial charge in [-0.1, -0.05) is 48.4 Å². The zero-order valence-corrected chi connectivity index (χ0v) is 15.3. The van der Waals surface area contributed by atoms with Crippen LogP contribution in [-0.4, -0.2) is 24.0 Å². The molecule has 1 saturated carbocycles. The van der Waals surface area contributed by atoms with Gasteiger partial charge in [0.25, 0.3) is 0 Å². The number of pyridine rings is 1.